The Hall–Kier alpha value is -2.15. The summed E-state index contributed by atoms with van der Waals surface area (Å²) >= 11 is 6.22. The standard InChI is InChI=1S/C13H11ClFN3O3/c14-12-11(13(19)17-6-2-1-5-16(12)17)9-4-3-8(15)7-10(9)18(20)21/h3-4,7H,1-2,5-6H2. The summed E-state index contributed by atoms with van der Waals surface area (Å²) in [5.74, 6) is -0.731. The molecule has 21 heavy (non-hydrogen) atoms. The summed E-state index contributed by atoms with van der Waals surface area (Å²) in [4.78, 5) is 22.8. The van der Waals surface area contributed by atoms with E-state index in [1.54, 1.807) is 4.68 Å². The molecular formula is C13H11ClFN3O3. The Balaban J connectivity index is 2.29. The van der Waals surface area contributed by atoms with Crippen molar-refractivity contribution in [2.75, 3.05) is 0 Å². The number of benzene rings is 1. The smallest absolute Gasteiger partial charge is 0.271 e. The molecule has 1 aliphatic heterocycles. The fourth-order valence-electron chi connectivity index (χ4n) is 2.62. The molecule has 2 heterocycles. The molecule has 3 rings (SSSR count). The molecular weight excluding hydrogens is 301 g/mol. The molecule has 0 atom stereocenters. The van der Waals surface area contributed by atoms with E-state index in [0.29, 0.717) is 13.1 Å². The van der Waals surface area contributed by atoms with Crippen molar-refractivity contribution in [1.29, 1.82) is 0 Å². The summed E-state index contributed by atoms with van der Waals surface area (Å²) < 4.78 is 16.3. The van der Waals surface area contributed by atoms with Crippen LogP contribution in [0.25, 0.3) is 11.1 Å². The van der Waals surface area contributed by atoms with Gasteiger partial charge in [-0.15, -0.1) is 0 Å². The maximum absolute atomic E-state index is 13.2. The van der Waals surface area contributed by atoms with Crippen LogP contribution in [0.1, 0.15) is 12.8 Å². The van der Waals surface area contributed by atoms with Gasteiger partial charge in [0.2, 0.25) is 0 Å². The third-order valence-electron chi connectivity index (χ3n) is 3.59. The molecule has 0 radical (unpaired) electrons. The molecule has 1 aromatic carbocycles. The molecule has 8 heteroatoms. The zero-order valence-electron chi connectivity index (χ0n) is 10.9. The van der Waals surface area contributed by atoms with Crippen molar-refractivity contribution in [3.05, 3.63) is 49.6 Å². The Kier molecular flexibility index (Phi) is 3.29. The van der Waals surface area contributed by atoms with Gasteiger partial charge in [-0.05, 0) is 25.0 Å². The molecule has 0 aliphatic carbocycles. The molecule has 0 unspecified atom stereocenters. The van der Waals surface area contributed by atoms with Gasteiger partial charge in [-0.1, -0.05) is 11.6 Å². The highest BCUT2D eigenvalue weighted by Crippen LogP contribution is 2.34. The predicted octanol–water partition coefficient (Wildman–Crippen LogP) is 2.81. The van der Waals surface area contributed by atoms with Gasteiger partial charge in [-0.2, -0.15) is 0 Å². The number of hydrogen-bond acceptors (Lipinski definition) is 3. The molecule has 0 saturated carbocycles. The van der Waals surface area contributed by atoms with Gasteiger partial charge in [0, 0.05) is 13.1 Å². The van der Waals surface area contributed by atoms with Crippen LogP contribution < -0.4 is 5.56 Å². The second-order valence-corrected chi connectivity index (χ2v) is 5.20. The Morgan fingerprint density at radius 1 is 1.24 bits per heavy atom. The van der Waals surface area contributed by atoms with Crippen LogP contribution in [0.3, 0.4) is 0 Å². The molecule has 1 aromatic heterocycles. The Labute approximate surface area is 123 Å². The Morgan fingerprint density at radius 3 is 2.52 bits per heavy atom. The summed E-state index contributed by atoms with van der Waals surface area (Å²) in [7, 11) is 0. The number of nitrogens with zero attached hydrogens (tertiary/aromatic N) is 3. The van der Waals surface area contributed by atoms with E-state index < -0.39 is 16.4 Å². The molecule has 0 amide bonds. The van der Waals surface area contributed by atoms with Crippen molar-refractivity contribution >= 4 is 17.3 Å². The normalized spacial score (nSPS) is 14.0. The molecule has 1 aliphatic rings. The third kappa shape index (κ3) is 2.13. The number of aromatic nitrogens is 2. The van der Waals surface area contributed by atoms with Crippen molar-refractivity contribution in [2.24, 2.45) is 0 Å². The van der Waals surface area contributed by atoms with Crippen molar-refractivity contribution in [1.82, 2.24) is 9.36 Å². The first-order chi connectivity index (χ1) is 10.0. The molecule has 0 fully saturated rings. The zero-order valence-corrected chi connectivity index (χ0v) is 11.6. The van der Waals surface area contributed by atoms with Crippen LogP contribution in [0.15, 0.2) is 23.0 Å². The number of hydrogen-bond donors (Lipinski definition) is 0. The van der Waals surface area contributed by atoms with E-state index >= 15 is 0 Å². The SMILES string of the molecule is O=c1c(-c2ccc(F)cc2[N+](=O)[O-])c(Cl)n2n1CCCC2. The lowest BCUT2D eigenvalue weighted by molar-refractivity contribution is -0.384. The second-order valence-electron chi connectivity index (χ2n) is 4.84. The summed E-state index contributed by atoms with van der Waals surface area (Å²) in [5.41, 5.74) is -0.733. The lowest BCUT2D eigenvalue weighted by atomic mass is 10.1. The van der Waals surface area contributed by atoms with E-state index in [1.165, 1.54) is 10.7 Å². The van der Waals surface area contributed by atoms with E-state index in [2.05, 4.69) is 0 Å². The molecule has 0 spiro atoms. The van der Waals surface area contributed by atoms with Crippen LogP contribution in [0, 0.1) is 15.9 Å². The highest BCUT2D eigenvalue weighted by Gasteiger charge is 2.27. The van der Waals surface area contributed by atoms with Crippen molar-refractivity contribution in [2.45, 2.75) is 25.9 Å². The van der Waals surface area contributed by atoms with E-state index in [1.807, 2.05) is 0 Å². The number of rotatable bonds is 2. The van der Waals surface area contributed by atoms with Crippen molar-refractivity contribution in [3.63, 3.8) is 0 Å². The predicted molar refractivity (Wildman–Crippen MR) is 75.0 cm³/mol. The average Bonchev–Trinajstić information content (AvgIpc) is 2.72. The Morgan fingerprint density at radius 2 is 1.90 bits per heavy atom. The molecule has 110 valence electrons. The highest BCUT2D eigenvalue weighted by atomic mass is 35.5. The first-order valence-corrected chi connectivity index (χ1v) is 6.82. The van der Waals surface area contributed by atoms with Crippen molar-refractivity contribution < 1.29 is 9.31 Å². The van der Waals surface area contributed by atoms with Crippen LogP contribution in [0.4, 0.5) is 10.1 Å². The van der Waals surface area contributed by atoms with E-state index in [9.17, 15) is 19.3 Å². The van der Waals surface area contributed by atoms with Gasteiger partial charge in [-0.3, -0.25) is 19.6 Å². The second kappa shape index (κ2) is 5.00. The Bertz CT molecular complexity index is 797. The minimum Gasteiger partial charge on any atom is -0.271 e. The van der Waals surface area contributed by atoms with Gasteiger partial charge in [0.1, 0.15) is 11.0 Å². The fraction of sp³-hybridized carbons (Fsp3) is 0.308. The van der Waals surface area contributed by atoms with E-state index in [4.69, 9.17) is 11.6 Å². The number of nitro groups is 1. The number of fused-ring (bicyclic) bond motifs is 1. The van der Waals surface area contributed by atoms with Crippen LogP contribution in [0.5, 0.6) is 0 Å². The quantitative estimate of drug-likeness (QED) is 0.632. The van der Waals surface area contributed by atoms with E-state index in [0.717, 1.165) is 25.0 Å². The van der Waals surface area contributed by atoms with Crippen LogP contribution in [-0.2, 0) is 13.1 Å². The van der Waals surface area contributed by atoms with Gasteiger partial charge in [0.15, 0.2) is 0 Å². The first-order valence-electron chi connectivity index (χ1n) is 6.44. The number of nitro benzene ring substituents is 1. The van der Waals surface area contributed by atoms with Gasteiger partial charge < -0.3 is 0 Å². The monoisotopic (exact) mass is 311 g/mol. The van der Waals surface area contributed by atoms with Crippen LogP contribution in [-0.4, -0.2) is 14.3 Å². The average molecular weight is 312 g/mol. The third-order valence-corrected chi connectivity index (χ3v) is 3.97. The lowest BCUT2D eigenvalue weighted by Gasteiger charge is -2.17. The summed E-state index contributed by atoms with van der Waals surface area (Å²) in [6, 6.07) is 3.11. The lowest BCUT2D eigenvalue weighted by Crippen LogP contribution is -2.27. The molecule has 6 nitrogen and oxygen atoms in total. The minimum atomic E-state index is -0.731. The highest BCUT2D eigenvalue weighted by molar-refractivity contribution is 6.32. The summed E-state index contributed by atoms with van der Waals surface area (Å²) in [6.45, 7) is 1.11. The van der Waals surface area contributed by atoms with Crippen LogP contribution >= 0.6 is 11.6 Å². The summed E-state index contributed by atoms with van der Waals surface area (Å²) in [6.07, 6.45) is 1.74. The molecule has 0 N–H and O–H groups in total. The zero-order chi connectivity index (χ0) is 15.1. The van der Waals surface area contributed by atoms with Crippen molar-refractivity contribution in [3.8, 4) is 11.1 Å². The minimum absolute atomic E-state index is 0.0470. The largest absolute Gasteiger partial charge is 0.280 e. The maximum atomic E-state index is 13.2. The first kappa shape index (κ1) is 13.8. The summed E-state index contributed by atoms with van der Waals surface area (Å²) in [5, 5.41) is 11.3. The van der Waals surface area contributed by atoms with Gasteiger partial charge in [0.25, 0.3) is 11.2 Å². The molecule has 0 bridgehead atoms. The van der Waals surface area contributed by atoms with Gasteiger partial charge >= 0.3 is 0 Å². The molecule has 2 aromatic rings. The van der Waals surface area contributed by atoms with Crippen LogP contribution in [0.2, 0.25) is 5.15 Å². The van der Waals surface area contributed by atoms with E-state index in [-0.39, 0.29) is 21.8 Å². The molecule has 0 saturated heterocycles. The maximum Gasteiger partial charge on any atom is 0.280 e. The fourth-order valence-corrected chi connectivity index (χ4v) is 2.98. The van der Waals surface area contributed by atoms with Gasteiger partial charge in [-0.25, -0.2) is 9.07 Å². The topological polar surface area (TPSA) is 70.1 Å². The number of halogens is 2. The van der Waals surface area contributed by atoms with Gasteiger partial charge in [0.05, 0.1) is 22.1 Å².